The summed E-state index contributed by atoms with van der Waals surface area (Å²) < 4.78 is 10.8. The quantitative estimate of drug-likeness (QED) is 0.232. The Bertz CT molecular complexity index is 1180. The highest BCUT2D eigenvalue weighted by Gasteiger charge is 2.23. The number of nitrogens with zero attached hydrogens (tertiary/aromatic N) is 2. The smallest absolute Gasteiger partial charge is 0.242 e. The van der Waals surface area contributed by atoms with Gasteiger partial charge in [-0.1, -0.05) is 38.1 Å². The molecule has 8 heteroatoms. The van der Waals surface area contributed by atoms with Crippen LogP contribution in [0.1, 0.15) is 29.9 Å². The van der Waals surface area contributed by atoms with Crippen molar-refractivity contribution < 1.29 is 19.1 Å². The minimum atomic E-state index is -0.0445. The highest BCUT2D eigenvalue weighted by atomic mass is 32.2. The number of benzene rings is 2. The molecule has 0 aliphatic carbocycles. The van der Waals surface area contributed by atoms with Gasteiger partial charge < -0.3 is 19.3 Å². The van der Waals surface area contributed by atoms with Gasteiger partial charge in [0.05, 0.1) is 33.1 Å². The highest BCUT2D eigenvalue weighted by molar-refractivity contribution is 8.00. The van der Waals surface area contributed by atoms with Crippen molar-refractivity contribution >= 4 is 34.9 Å². The molecule has 0 spiro atoms. The molecule has 0 bridgehead atoms. The molecule has 6 nitrogen and oxygen atoms in total. The topological polar surface area (TPSA) is 59.1 Å². The van der Waals surface area contributed by atoms with Crippen LogP contribution >= 0.6 is 23.1 Å². The van der Waals surface area contributed by atoms with E-state index in [1.54, 1.807) is 30.5 Å². The second-order valence-corrected chi connectivity index (χ2v) is 11.6. The van der Waals surface area contributed by atoms with Gasteiger partial charge in [0, 0.05) is 22.9 Å². The molecule has 1 heterocycles. The standard InChI is InChI=1S/C30H38N2O4S2/c1-22(2)18-32(30(34)21-38-25-9-7-6-8-10-25)20-29(33)31(19-28-23(3)14-16-37-28)15-13-24-11-12-26(35-4)27(17-24)36-5/h6-12,14,16-17,22H,13,15,18-21H2,1-5H3. The maximum Gasteiger partial charge on any atom is 0.242 e. The Hall–Kier alpha value is -2.97. The highest BCUT2D eigenvalue weighted by Crippen LogP contribution is 2.28. The first-order valence-corrected chi connectivity index (χ1v) is 14.6. The number of hydrogen-bond donors (Lipinski definition) is 0. The SMILES string of the molecule is COc1ccc(CCN(Cc2sccc2C)C(=O)CN(CC(C)C)C(=O)CSc2ccccc2)cc1OC. The van der Waals surface area contributed by atoms with Crippen molar-refractivity contribution in [3.05, 3.63) is 76.0 Å². The Kier molecular flexibility index (Phi) is 11.5. The summed E-state index contributed by atoms with van der Waals surface area (Å²) in [6.07, 6.45) is 0.665. The lowest BCUT2D eigenvalue weighted by atomic mass is 10.1. The van der Waals surface area contributed by atoms with Crippen LogP contribution in [0.2, 0.25) is 0 Å². The number of amides is 2. The molecule has 0 aliphatic heterocycles. The number of ether oxygens (including phenoxy) is 2. The average molecular weight is 555 g/mol. The van der Waals surface area contributed by atoms with Crippen LogP contribution in [-0.2, 0) is 22.6 Å². The lowest BCUT2D eigenvalue weighted by molar-refractivity contribution is -0.140. The third kappa shape index (κ3) is 8.81. The molecule has 0 fully saturated rings. The fourth-order valence-electron chi connectivity index (χ4n) is 4.04. The van der Waals surface area contributed by atoms with Crippen LogP contribution in [0.3, 0.4) is 0 Å². The van der Waals surface area contributed by atoms with Gasteiger partial charge in [-0.25, -0.2) is 0 Å². The Morgan fingerprint density at radius 1 is 0.947 bits per heavy atom. The summed E-state index contributed by atoms with van der Waals surface area (Å²) in [7, 11) is 3.23. The van der Waals surface area contributed by atoms with E-state index >= 15 is 0 Å². The van der Waals surface area contributed by atoms with Crippen molar-refractivity contribution in [3.8, 4) is 11.5 Å². The van der Waals surface area contributed by atoms with Crippen LogP contribution in [-0.4, -0.2) is 61.2 Å². The molecule has 0 saturated heterocycles. The number of aryl methyl sites for hydroxylation is 1. The van der Waals surface area contributed by atoms with Crippen LogP contribution in [0.5, 0.6) is 11.5 Å². The summed E-state index contributed by atoms with van der Waals surface area (Å²) >= 11 is 3.16. The molecule has 204 valence electrons. The maximum absolute atomic E-state index is 13.7. The monoisotopic (exact) mass is 554 g/mol. The molecule has 0 aliphatic rings. The van der Waals surface area contributed by atoms with E-state index in [9.17, 15) is 9.59 Å². The normalized spacial score (nSPS) is 10.9. The third-order valence-corrected chi connectivity index (χ3v) is 8.15. The maximum atomic E-state index is 13.7. The van der Waals surface area contributed by atoms with Gasteiger partial charge in [-0.05, 0) is 66.1 Å². The molecule has 2 aromatic carbocycles. The van der Waals surface area contributed by atoms with Crippen LogP contribution in [0.25, 0.3) is 0 Å². The van der Waals surface area contributed by atoms with Gasteiger partial charge in [0.15, 0.2) is 11.5 Å². The average Bonchev–Trinajstić information content (AvgIpc) is 3.33. The molecule has 3 aromatic rings. The van der Waals surface area contributed by atoms with Gasteiger partial charge in [-0.2, -0.15) is 0 Å². The second-order valence-electron chi connectivity index (χ2n) is 9.55. The van der Waals surface area contributed by atoms with Gasteiger partial charge >= 0.3 is 0 Å². The summed E-state index contributed by atoms with van der Waals surface area (Å²) in [4.78, 5) is 32.7. The molecule has 0 radical (unpaired) electrons. The van der Waals surface area contributed by atoms with Gasteiger partial charge in [-0.15, -0.1) is 23.1 Å². The van der Waals surface area contributed by atoms with Crippen LogP contribution in [0.4, 0.5) is 0 Å². The molecular weight excluding hydrogens is 516 g/mol. The Labute approximate surface area is 234 Å². The molecule has 2 amide bonds. The third-order valence-electron chi connectivity index (χ3n) is 6.14. The predicted molar refractivity (Wildman–Crippen MR) is 156 cm³/mol. The number of carbonyl (C=O) groups is 2. The summed E-state index contributed by atoms with van der Waals surface area (Å²) in [6.45, 7) is 7.88. The van der Waals surface area contributed by atoms with Crippen molar-refractivity contribution in [2.75, 3.05) is 39.6 Å². The van der Waals surface area contributed by atoms with E-state index < -0.39 is 0 Å². The van der Waals surface area contributed by atoms with E-state index in [-0.39, 0.29) is 24.3 Å². The minimum absolute atomic E-state index is 0.0203. The van der Waals surface area contributed by atoms with E-state index in [0.717, 1.165) is 15.3 Å². The molecule has 38 heavy (non-hydrogen) atoms. The lowest BCUT2D eigenvalue weighted by Crippen LogP contribution is -2.45. The minimum Gasteiger partial charge on any atom is -0.493 e. The summed E-state index contributed by atoms with van der Waals surface area (Å²) in [5.41, 5.74) is 2.23. The first-order valence-electron chi connectivity index (χ1n) is 12.8. The first-order chi connectivity index (χ1) is 18.3. The van der Waals surface area contributed by atoms with E-state index in [2.05, 4.69) is 32.2 Å². The molecule has 0 atom stereocenters. The summed E-state index contributed by atoms with van der Waals surface area (Å²) in [6, 6.07) is 17.8. The van der Waals surface area contributed by atoms with Crippen molar-refractivity contribution in [2.24, 2.45) is 5.92 Å². The molecule has 0 N–H and O–H groups in total. The molecule has 0 saturated carbocycles. The number of methoxy groups -OCH3 is 2. The van der Waals surface area contributed by atoms with E-state index in [4.69, 9.17) is 9.47 Å². The van der Waals surface area contributed by atoms with E-state index in [0.29, 0.717) is 43.3 Å². The molecule has 3 rings (SSSR count). The largest absolute Gasteiger partial charge is 0.493 e. The lowest BCUT2D eigenvalue weighted by Gasteiger charge is -2.29. The van der Waals surface area contributed by atoms with Crippen molar-refractivity contribution in [3.63, 3.8) is 0 Å². The second kappa shape index (κ2) is 14.8. The number of rotatable bonds is 14. The number of hydrogen-bond acceptors (Lipinski definition) is 6. The zero-order chi connectivity index (χ0) is 27.5. The van der Waals surface area contributed by atoms with Crippen LogP contribution in [0.15, 0.2) is 64.9 Å². The first kappa shape index (κ1) is 29.6. The van der Waals surface area contributed by atoms with Crippen molar-refractivity contribution in [2.45, 2.75) is 38.6 Å². The Morgan fingerprint density at radius 3 is 2.32 bits per heavy atom. The van der Waals surface area contributed by atoms with Gasteiger partial charge in [0.2, 0.25) is 11.8 Å². The summed E-state index contributed by atoms with van der Waals surface area (Å²) in [5.74, 6) is 1.84. The Morgan fingerprint density at radius 2 is 1.68 bits per heavy atom. The number of thioether (sulfide) groups is 1. The number of thiophene rings is 1. The van der Waals surface area contributed by atoms with Gasteiger partial charge in [-0.3, -0.25) is 9.59 Å². The van der Waals surface area contributed by atoms with Crippen LogP contribution < -0.4 is 9.47 Å². The zero-order valence-corrected chi connectivity index (χ0v) is 24.6. The van der Waals surface area contributed by atoms with Crippen LogP contribution in [0, 0.1) is 12.8 Å². The molecule has 0 unspecified atom stereocenters. The summed E-state index contributed by atoms with van der Waals surface area (Å²) in [5, 5.41) is 2.05. The van der Waals surface area contributed by atoms with Gasteiger partial charge in [0.25, 0.3) is 0 Å². The Balaban J connectivity index is 1.73. The van der Waals surface area contributed by atoms with E-state index in [1.807, 2.05) is 53.4 Å². The van der Waals surface area contributed by atoms with Crippen molar-refractivity contribution in [1.82, 2.24) is 9.80 Å². The van der Waals surface area contributed by atoms with Gasteiger partial charge in [0.1, 0.15) is 0 Å². The zero-order valence-electron chi connectivity index (χ0n) is 22.9. The fraction of sp³-hybridized carbons (Fsp3) is 0.400. The van der Waals surface area contributed by atoms with E-state index in [1.165, 1.54) is 17.3 Å². The fourth-order valence-corrected chi connectivity index (χ4v) is 5.79. The number of carbonyl (C=O) groups excluding carboxylic acids is 2. The molecular formula is C30H38N2O4S2. The van der Waals surface area contributed by atoms with Crippen molar-refractivity contribution in [1.29, 1.82) is 0 Å². The molecule has 1 aromatic heterocycles. The predicted octanol–water partition coefficient (Wildman–Crippen LogP) is 5.92.